The number of likely N-dealkylation sites (N-methyl/N-ethyl adjacent to an activating group) is 1. The van der Waals surface area contributed by atoms with E-state index in [9.17, 15) is 4.79 Å². The average Bonchev–Trinajstić information content (AvgIpc) is 2.91. The summed E-state index contributed by atoms with van der Waals surface area (Å²) in [6.45, 7) is 2.78. The molecule has 1 aromatic carbocycles. The van der Waals surface area contributed by atoms with Gasteiger partial charge < -0.3 is 14.6 Å². The maximum Gasteiger partial charge on any atom is 0.312 e. The van der Waals surface area contributed by atoms with E-state index in [1.165, 1.54) is 29.1 Å². The summed E-state index contributed by atoms with van der Waals surface area (Å²) in [5, 5.41) is 1.34. The third-order valence-electron chi connectivity index (χ3n) is 5.66. The quantitative estimate of drug-likeness (QED) is 0.775. The smallest absolute Gasteiger partial charge is 0.312 e. The lowest BCUT2D eigenvalue weighted by atomic mass is 9.67. The van der Waals surface area contributed by atoms with Gasteiger partial charge in [-0.2, -0.15) is 0 Å². The SMILES string of the molecule is COC(=O)[C@]1(C)CC2c3cc(Br)cc4[nH]cc(c34)C[C@H]2N(C)C1. The molecule has 1 fully saturated rings. The molecule has 5 heteroatoms. The molecule has 0 saturated carbocycles. The third kappa shape index (κ3) is 2.17. The number of fused-ring (bicyclic) bond motifs is 2. The number of aromatic amines is 1. The monoisotopic (exact) mass is 376 g/mol. The van der Waals surface area contributed by atoms with Crippen LogP contribution in [0.15, 0.2) is 22.8 Å². The molecule has 1 N–H and O–H groups in total. The molecule has 4 nitrogen and oxygen atoms in total. The minimum atomic E-state index is -0.451. The summed E-state index contributed by atoms with van der Waals surface area (Å²) >= 11 is 3.64. The summed E-state index contributed by atoms with van der Waals surface area (Å²) < 4.78 is 6.18. The van der Waals surface area contributed by atoms with Crippen molar-refractivity contribution in [2.75, 3.05) is 20.7 Å². The van der Waals surface area contributed by atoms with Crippen molar-refractivity contribution in [3.8, 4) is 0 Å². The summed E-state index contributed by atoms with van der Waals surface area (Å²) in [5.74, 6) is 0.245. The fourth-order valence-electron chi connectivity index (χ4n) is 4.69. The molecule has 122 valence electrons. The number of ether oxygens (including phenoxy) is 1. The molecule has 23 heavy (non-hydrogen) atoms. The van der Waals surface area contributed by atoms with E-state index in [0.717, 1.165) is 23.9 Å². The topological polar surface area (TPSA) is 45.3 Å². The minimum absolute atomic E-state index is 0.103. The highest BCUT2D eigenvalue weighted by atomic mass is 79.9. The van der Waals surface area contributed by atoms with Crippen LogP contribution in [0.2, 0.25) is 0 Å². The molecule has 0 amide bonds. The Morgan fingerprint density at radius 1 is 1.48 bits per heavy atom. The van der Waals surface area contributed by atoms with Crippen LogP contribution in [0.1, 0.15) is 30.4 Å². The van der Waals surface area contributed by atoms with Crippen molar-refractivity contribution in [2.24, 2.45) is 5.41 Å². The van der Waals surface area contributed by atoms with E-state index >= 15 is 0 Å². The summed E-state index contributed by atoms with van der Waals surface area (Å²) in [5.41, 5.74) is 3.46. The maximum absolute atomic E-state index is 12.3. The van der Waals surface area contributed by atoms with Crippen molar-refractivity contribution in [1.29, 1.82) is 0 Å². The zero-order chi connectivity index (χ0) is 16.4. The fourth-order valence-corrected chi connectivity index (χ4v) is 5.16. The maximum atomic E-state index is 12.3. The molecule has 2 aromatic rings. The molecule has 3 atom stereocenters. The molecule has 0 spiro atoms. The van der Waals surface area contributed by atoms with Crippen LogP contribution >= 0.6 is 15.9 Å². The molecule has 1 aliphatic heterocycles. The lowest BCUT2D eigenvalue weighted by Crippen LogP contribution is -2.54. The van der Waals surface area contributed by atoms with Gasteiger partial charge in [-0.25, -0.2) is 0 Å². The van der Waals surface area contributed by atoms with E-state index in [1.54, 1.807) is 0 Å². The molecule has 4 rings (SSSR count). The predicted molar refractivity (Wildman–Crippen MR) is 93.6 cm³/mol. The predicted octanol–water partition coefficient (Wildman–Crippen LogP) is 3.45. The number of nitrogens with zero attached hydrogens (tertiary/aromatic N) is 1. The van der Waals surface area contributed by atoms with Gasteiger partial charge in [0.2, 0.25) is 0 Å². The molecule has 1 aliphatic carbocycles. The number of likely N-dealkylation sites (tertiary alicyclic amines) is 1. The van der Waals surface area contributed by atoms with Crippen molar-refractivity contribution in [3.63, 3.8) is 0 Å². The van der Waals surface area contributed by atoms with Gasteiger partial charge in [0, 0.05) is 40.1 Å². The summed E-state index contributed by atoms with van der Waals surface area (Å²) in [4.78, 5) is 18.1. The van der Waals surface area contributed by atoms with Gasteiger partial charge in [0.15, 0.2) is 0 Å². The van der Waals surface area contributed by atoms with Crippen LogP contribution in [-0.2, 0) is 16.0 Å². The molecular formula is C18H21BrN2O2. The van der Waals surface area contributed by atoms with E-state index in [0.29, 0.717) is 12.0 Å². The van der Waals surface area contributed by atoms with Crippen molar-refractivity contribution in [3.05, 3.63) is 33.9 Å². The molecule has 1 aromatic heterocycles. The number of rotatable bonds is 1. The van der Waals surface area contributed by atoms with Gasteiger partial charge in [-0.3, -0.25) is 4.79 Å². The number of nitrogens with one attached hydrogen (secondary N) is 1. The Bertz CT molecular complexity index is 800. The molecule has 1 unspecified atom stereocenters. The van der Waals surface area contributed by atoms with Crippen LogP contribution < -0.4 is 0 Å². The highest BCUT2D eigenvalue weighted by Crippen LogP contribution is 2.48. The number of H-pyrrole nitrogens is 1. The Morgan fingerprint density at radius 3 is 3.00 bits per heavy atom. The normalized spacial score (nSPS) is 30.3. The summed E-state index contributed by atoms with van der Waals surface area (Å²) in [6, 6.07) is 4.80. The van der Waals surface area contributed by atoms with E-state index in [2.05, 4.69) is 51.2 Å². The number of esters is 1. The Kier molecular flexibility index (Phi) is 3.36. The molecule has 0 radical (unpaired) electrons. The van der Waals surface area contributed by atoms with Crippen molar-refractivity contribution >= 4 is 32.8 Å². The van der Waals surface area contributed by atoms with Gasteiger partial charge in [-0.15, -0.1) is 0 Å². The summed E-state index contributed by atoms with van der Waals surface area (Å²) in [7, 11) is 3.62. The molecule has 0 bridgehead atoms. The summed E-state index contributed by atoms with van der Waals surface area (Å²) in [6.07, 6.45) is 4.01. The van der Waals surface area contributed by atoms with E-state index in [4.69, 9.17) is 4.74 Å². The van der Waals surface area contributed by atoms with E-state index < -0.39 is 5.41 Å². The first kappa shape index (κ1) is 15.2. The van der Waals surface area contributed by atoms with Gasteiger partial charge in [-0.1, -0.05) is 15.9 Å². The molecule has 1 saturated heterocycles. The van der Waals surface area contributed by atoms with E-state index in [-0.39, 0.29) is 5.97 Å². The number of piperidine rings is 1. The number of halogens is 1. The van der Waals surface area contributed by atoms with Gasteiger partial charge in [0.1, 0.15) is 0 Å². The Hall–Kier alpha value is -1.33. The fraction of sp³-hybridized carbons (Fsp3) is 0.500. The Balaban J connectivity index is 1.86. The van der Waals surface area contributed by atoms with Crippen molar-refractivity contribution in [1.82, 2.24) is 9.88 Å². The van der Waals surface area contributed by atoms with Crippen molar-refractivity contribution < 1.29 is 9.53 Å². The third-order valence-corrected chi connectivity index (χ3v) is 6.12. The number of carbonyl (C=O) groups is 1. The molecule has 2 heterocycles. The van der Waals surface area contributed by atoms with Gasteiger partial charge >= 0.3 is 5.97 Å². The molecule has 2 aliphatic rings. The Morgan fingerprint density at radius 2 is 2.26 bits per heavy atom. The van der Waals surface area contributed by atoms with Crippen LogP contribution in [-0.4, -0.2) is 42.6 Å². The van der Waals surface area contributed by atoms with Gasteiger partial charge in [0.05, 0.1) is 12.5 Å². The van der Waals surface area contributed by atoms with Crippen LogP contribution in [0.3, 0.4) is 0 Å². The highest BCUT2D eigenvalue weighted by molar-refractivity contribution is 9.10. The van der Waals surface area contributed by atoms with Crippen LogP contribution in [0.4, 0.5) is 0 Å². The first-order valence-corrected chi connectivity index (χ1v) is 8.80. The lowest BCUT2D eigenvalue weighted by molar-refractivity contribution is -0.156. The number of hydrogen-bond donors (Lipinski definition) is 1. The number of benzene rings is 1. The average molecular weight is 377 g/mol. The second kappa shape index (κ2) is 5.08. The highest BCUT2D eigenvalue weighted by Gasteiger charge is 2.48. The van der Waals surface area contributed by atoms with Crippen LogP contribution in [0.25, 0.3) is 10.9 Å². The van der Waals surface area contributed by atoms with Gasteiger partial charge in [-0.05, 0) is 50.1 Å². The lowest BCUT2D eigenvalue weighted by Gasteiger charge is -2.48. The second-order valence-corrected chi connectivity index (χ2v) is 8.20. The van der Waals surface area contributed by atoms with Gasteiger partial charge in [0.25, 0.3) is 0 Å². The number of aromatic nitrogens is 1. The zero-order valence-corrected chi connectivity index (χ0v) is 15.2. The first-order valence-electron chi connectivity index (χ1n) is 8.01. The second-order valence-electron chi connectivity index (χ2n) is 7.28. The van der Waals surface area contributed by atoms with Crippen LogP contribution in [0, 0.1) is 5.41 Å². The number of methoxy groups -OCH3 is 1. The van der Waals surface area contributed by atoms with Crippen LogP contribution in [0.5, 0.6) is 0 Å². The Labute approximate surface area is 144 Å². The number of carbonyl (C=O) groups excluding carboxylic acids is 1. The molecular weight excluding hydrogens is 356 g/mol. The number of hydrogen-bond acceptors (Lipinski definition) is 3. The zero-order valence-electron chi connectivity index (χ0n) is 13.6. The first-order chi connectivity index (χ1) is 10.9. The minimum Gasteiger partial charge on any atom is -0.469 e. The van der Waals surface area contributed by atoms with E-state index in [1.807, 2.05) is 6.92 Å². The van der Waals surface area contributed by atoms with Crippen molar-refractivity contribution in [2.45, 2.75) is 31.7 Å². The largest absolute Gasteiger partial charge is 0.469 e. The standard InChI is InChI=1S/C18H21BrN2O2/c1-18(17(22)23-3)7-13-12-5-11(19)6-14-16(12)10(8-20-14)4-15(13)21(2)9-18/h5-6,8,13,15,20H,4,7,9H2,1-3H3/t13?,15-,18-/m1/s1.